The molecule has 0 aliphatic heterocycles. The summed E-state index contributed by atoms with van der Waals surface area (Å²) in [7, 11) is 0. The lowest BCUT2D eigenvalue weighted by atomic mass is 10.1. The fraction of sp³-hybridized carbons (Fsp3) is 0.615. The lowest BCUT2D eigenvalue weighted by Crippen LogP contribution is -1.93. The quantitative estimate of drug-likeness (QED) is 0.463. The van der Waals surface area contributed by atoms with E-state index in [1.807, 2.05) is 25.2 Å². The van der Waals surface area contributed by atoms with Crippen LogP contribution in [0.1, 0.15) is 53.2 Å². The summed E-state index contributed by atoms with van der Waals surface area (Å²) < 4.78 is 7.58. The van der Waals surface area contributed by atoms with Crippen molar-refractivity contribution >= 4 is 5.97 Å². The Morgan fingerprint density at radius 1 is 1.20 bits per heavy atom. The average Bonchev–Trinajstić information content (AvgIpc) is 2.24. The Labute approximate surface area is 94.1 Å². The normalized spacial score (nSPS) is 13.1. The Balaban J connectivity index is 3.30. The molecular formula is C13H22O2. The zero-order valence-electron chi connectivity index (χ0n) is 10.5. The first-order valence-corrected chi connectivity index (χ1v) is 5.67. The second kappa shape index (κ2) is 11.0. The first kappa shape index (κ1) is 12.0. The van der Waals surface area contributed by atoms with Crippen molar-refractivity contribution in [2.45, 2.75) is 51.9 Å². The van der Waals surface area contributed by atoms with Crippen LogP contribution >= 0.6 is 0 Å². The smallest absolute Gasteiger partial charge is 0.303 e. The number of rotatable bonds is 9. The fourth-order valence-corrected chi connectivity index (χ4v) is 1.28. The molecule has 2 nitrogen and oxygen atoms in total. The third kappa shape index (κ3) is 12.9. The first-order chi connectivity index (χ1) is 7.66. The van der Waals surface area contributed by atoms with Crippen LogP contribution in [0.4, 0.5) is 0 Å². The van der Waals surface area contributed by atoms with Gasteiger partial charge in [0.1, 0.15) is 0 Å². The van der Waals surface area contributed by atoms with Crippen LogP contribution in [-0.2, 0) is 4.79 Å². The molecule has 0 fully saturated rings. The third-order valence-electron chi connectivity index (χ3n) is 2.12. The zero-order valence-corrected chi connectivity index (χ0v) is 9.54. The van der Waals surface area contributed by atoms with Crippen molar-refractivity contribution in [2.75, 3.05) is 0 Å². The number of unbranched alkanes of at least 4 members (excludes halogenated alkanes) is 4. The molecule has 1 N–H and O–H groups in total. The van der Waals surface area contributed by atoms with Crippen LogP contribution in [0.2, 0.25) is 0 Å². The van der Waals surface area contributed by atoms with Crippen molar-refractivity contribution < 1.29 is 11.3 Å². The minimum Gasteiger partial charge on any atom is -0.481 e. The minimum atomic E-state index is -0.706. The van der Waals surface area contributed by atoms with Gasteiger partial charge in [-0.3, -0.25) is 4.79 Å². The van der Waals surface area contributed by atoms with E-state index in [9.17, 15) is 4.79 Å². The van der Waals surface area contributed by atoms with Crippen LogP contribution in [0.25, 0.3) is 0 Å². The van der Waals surface area contributed by atoms with Crippen LogP contribution in [0, 0.1) is 0 Å². The maximum atomic E-state index is 10.2. The molecule has 0 rings (SSSR count). The summed E-state index contributed by atoms with van der Waals surface area (Å²) >= 11 is 0. The topological polar surface area (TPSA) is 37.3 Å². The monoisotopic (exact) mass is 211 g/mol. The molecule has 0 atom stereocenters. The highest BCUT2D eigenvalue weighted by atomic mass is 16.4. The van der Waals surface area contributed by atoms with Gasteiger partial charge in [-0.25, -0.2) is 0 Å². The number of hydrogen-bond donors (Lipinski definition) is 1. The lowest BCUT2D eigenvalue weighted by Gasteiger charge is -1.97. The Bertz CT molecular complexity index is 244. The Morgan fingerprint density at radius 3 is 2.53 bits per heavy atom. The van der Waals surface area contributed by atoms with E-state index in [2.05, 4.69) is 0 Å². The largest absolute Gasteiger partial charge is 0.481 e. The summed E-state index contributed by atoms with van der Waals surface area (Å²) in [6.45, 7) is 1.94. The predicted molar refractivity (Wildman–Crippen MR) is 63.9 cm³/mol. The van der Waals surface area contributed by atoms with E-state index in [4.69, 9.17) is 6.48 Å². The molecule has 0 saturated heterocycles. The van der Waals surface area contributed by atoms with E-state index in [1.165, 1.54) is 0 Å². The van der Waals surface area contributed by atoms with Gasteiger partial charge in [0.15, 0.2) is 0 Å². The standard InChI is InChI=1S/C13H22O2/c1-2-3-4-5-6-7-8-9-10-11-12-13(14)15/h2-5H,6-12H2,1H3,(H,14,15)/b3-2+,5-4-/i5D. The third-order valence-corrected chi connectivity index (χ3v) is 2.12. The highest BCUT2D eigenvalue weighted by Crippen LogP contribution is 2.07. The molecule has 15 heavy (non-hydrogen) atoms. The molecule has 0 unspecified atom stereocenters. The van der Waals surface area contributed by atoms with E-state index in [-0.39, 0.29) is 6.42 Å². The maximum Gasteiger partial charge on any atom is 0.303 e. The fourth-order valence-electron chi connectivity index (χ4n) is 1.28. The van der Waals surface area contributed by atoms with E-state index in [0.717, 1.165) is 38.5 Å². The van der Waals surface area contributed by atoms with Crippen molar-refractivity contribution in [2.24, 2.45) is 0 Å². The number of carbonyl (C=O) groups is 1. The summed E-state index contributed by atoms with van der Waals surface area (Å²) in [6.07, 6.45) is 11.7. The zero-order chi connectivity index (χ0) is 12.2. The minimum absolute atomic E-state index is 0.283. The van der Waals surface area contributed by atoms with Crippen LogP contribution in [0.15, 0.2) is 24.3 Å². The van der Waals surface area contributed by atoms with E-state index in [0.29, 0.717) is 6.05 Å². The van der Waals surface area contributed by atoms with Crippen molar-refractivity contribution in [3.05, 3.63) is 24.3 Å². The average molecular weight is 211 g/mol. The van der Waals surface area contributed by atoms with Gasteiger partial charge in [0.25, 0.3) is 0 Å². The van der Waals surface area contributed by atoms with Gasteiger partial charge in [-0.2, -0.15) is 0 Å². The Morgan fingerprint density at radius 2 is 1.87 bits per heavy atom. The van der Waals surface area contributed by atoms with Crippen LogP contribution in [-0.4, -0.2) is 11.1 Å². The second-order valence-corrected chi connectivity index (χ2v) is 3.56. The number of carboxylic acids is 1. The van der Waals surface area contributed by atoms with Crippen molar-refractivity contribution in [3.63, 3.8) is 0 Å². The van der Waals surface area contributed by atoms with E-state index in [1.54, 1.807) is 0 Å². The number of hydrogen-bond acceptors (Lipinski definition) is 1. The van der Waals surface area contributed by atoms with Crippen LogP contribution in [0.3, 0.4) is 0 Å². The highest BCUT2D eigenvalue weighted by molar-refractivity contribution is 5.66. The molecule has 0 bridgehead atoms. The summed E-state index contributed by atoms with van der Waals surface area (Å²) in [6, 6.07) is 0.670. The van der Waals surface area contributed by atoms with Crippen LogP contribution < -0.4 is 0 Å². The molecule has 0 spiro atoms. The molecule has 0 saturated carbocycles. The van der Waals surface area contributed by atoms with Gasteiger partial charge in [-0.05, 0) is 26.2 Å². The van der Waals surface area contributed by atoms with Gasteiger partial charge in [0, 0.05) is 6.42 Å². The summed E-state index contributed by atoms with van der Waals surface area (Å²) in [4.78, 5) is 10.2. The molecular weight excluding hydrogens is 188 g/mol. The van der Waals surface area contributed by atoms with Gasteiger partial charge >= 0.3 is 5.97 Å². The van der Waals surface area contributed by atoms with Gasteiger partial charge in [-0.15, -0.1) is 0 Å². The molecule has 0 aromatic carbocycles. The first-order valence-electron chi connectivity index (χ1n) is 6.17. The Kier molecular flexibility index (Phi) is 8.84. The summed E-state index contributed by atoms with van der Waals surface area (Å²) in [5, 5.41) is 8.43. The van der Waals surface area contributed by atoms with Gasteiger partial charge in [0.2, 0.25) is 0 Å². The highest BCUT2D eigenvalue weighted by Gasteiger charge is 1.95. The van der Waals surface area contributed by atoms with Gasteiger partial charge in [0.05, 0.1) is 1.37 Å². The Hall–Kier alpha value is -1.05. The molecule has 86 valence electrons. The van der Waals surface area contributed by atoms with Crippen molar-refractivity contribution in [1.29, 1.82) is 0 Å². The SMILES string of the molecule is [2H]/C(=C/C=C/C)CCCCCCCC(=O)O. The molecule has 0 heterocycles. The second-order valence-electron chi connectivity index (χ2n) is 3.56. The van der Waals surface area contributed by atoms with Gasteiger partial charge in [-0.1, -0.05) is 43.5 Å². The summed E-state index contributed by atoms with van der Waals surface area (Å²) in [5.74, 6) is -0.706. The molecule has 0 radical (unpaired) electrons. The number of allylic oxidation sites excluding steroid dienone is 4. The van der Waals surface area contributed by atoms with Crippen molar-refractivity contribution in [3.8, 4) is 0 Å². The molecule has 2 heteroatoms. The predicted octanol–water partition coefficient (Wildman–Crippen LogP) is 3.93. The lowest BCUT2D eigenvalue weighted by molar-refractivity contribution is -0.137. The van der Waals surface area contributed by atoms with Gasteiger partial charge < -0.3 is 5.11 Å². The van der Waals surface area contributed by atoms with Crippen LogP contribution in [0.5, 0.6) is 0 Å². The molecule has 0 aromatic heterocycles. The molecule has 0 aliphatic rings. The number of carboxylic acid groups (broad SMARTS) is 1. The molecule has 0 amide bonds. The van der Waals surface area contributed by atoms with E-state index >= 15 is 0 Å². The summed E-state index contributed by atoms with van der Waals surface area (Å²) in [5.41, 5.74) is 0. The number of aliphatic carboxylic acids is 1. The molecule has 0 aliphatic carbocycles. The maximum absolute atomic E-state index is 10.2. The van der Waals surface area contributed by atoms with E-state index < -0.39 is 5.97 Å². The molecule has 0 aromatic rings. The van der Waals surface area contributed by atoms with Crippen molar-refractivity contribution in [1.82, 2.24) is 0 Å².